The summed E-state index contributed by atoms with van der Waals surface area (Å²) < 4.78 is 0. The van der Waals surface area contributed by atoms with Gasteiger partial charge in [0.1, 0.15) is 5.60 Å². The average molecular weight is 344 g/mol. The van der Waals surface area contributed by atoms with Gasteiger partial charge in [0.2, 0.25) is 0 Å². The molecule has 4 aliphatic carbocycles. The van der Waals surface area contributed by atoms with Gasteiger partial charge in [-0.05, 0) is 80.6 Å². The molecule has 7 atom stereocenters. The Morgan fingerprint density at radius 2 is 1.84 bits per heavy atom. The molecule has 0 unspecified atom stereocenters. The molecule has 0 bridgehead atoms. The summed E-state index contributed by atoms with van der Waals surface area (Å²) in [6.45, 7) is 8.40. The topological polar surface area (TPSA) is 54.4 Å². The Balaban J connectivity index is 1.73. The first-order valence-electron chi connectivity index (χ1n) is 10.1. The van der Waals surface area contributed by atoms with Gasteiger partial charge in [0, 0.05) is 11.8 Å². The maximum atomic E-state index is 12.3. The second-order valence-electron chi connectivity index (χ2n) is 9.91. The molecule has 0 aromatic carbocycles. The summed E-state index contributed by atoms with van der Waals surface area (Å²) in [5.74, 6) is 2.27. The molecule has 25 heavy (non-hydrogen) atoms. The van der Waals surface area contributed by atoms with Crippen molar-refractivity contribution in [3.8, 4) is 0 Å². The van der Waals surface area contributed by atoms with E-state index in [2.05, 4.69) is 20.8 Å². The van der Waals surface area contributed by atoms with E-state index in [4.69, 9.17) is 0 Å². The fraction of sp³-hybridized carbons (Fsp3) is 0.818. The number of Topliss-reactive ketones (excluding diaryl/α,β-unsaturated/α-hetero) is 1. The standard InChI is InChI=1S/C22H32O3/c1-13-11-16-17(20(3)8-5-15(24)12-19(13)20)6-9-21(4)18(16)7-10-22(21,25)14(2)23/h12-13,16-18,25H,5-11H2,1-4H3/t13-,16+,17+,18+,20+,21+,22-/m0/s1. The third kappa shape index (κ3) is 2.08. The van der Waals surface area contributed by atoms with E-state index in [1.54, 1.807) is 6.92 Å². The average Bonchev–Trinajstić information content (AvgIpc) is 2.83. The Morgan fingerprint density at radius 1 is 1.16 bits per heavy atom. The van der Waals surface area contributed by atoms with Gasteiger partial charge < -0.3 is 5.11 Å². The summed E-state index contributed by atoms with van der Waals surface area (Å²) in [6.07, 6.45) is 8.31. The number of allylic oxidation sites excluding steroid dienone is 1. The van der Waals surface area contributed by atoms with Crippen molar-refractivity contribution in [2.24, 2.45) is 34.5 Å². The van der Waals surface area contributed by atoms with E-state index in [0.29, 0.717) is 42.3 Å². The lowest BCUT2D eigenvalue weighted by Crippen LogP contribution is -2.57. The summed E-state index contributed by atoms with van der Waals surface area (Å²) >= 11 is 0. The lowest BCUT2D eigenvalue weighted by molar-refractivity contribution is -0.161. The maximum absolute atomic E-state index is 12.3. The first kappa shape index (κ1) is 17.5. The van der Waals surface area contributed by atoms with E-state index >= 15 is 0 Å². The Labute approximate surface area is 151 Å². The molecule has 0 amide bonds. The van der Waals surface area contributed by atoms with Gasteiger partial charge in [-0.15, -0.1) is 0 Å². The molecule has 0 spiro atoms. The van der Waals surface area contributed by atoms with Crippen LogP contribution in [0.25, 0.3) is 0 Å². The SMILES string of the molecule is CC(=O)[C@@]1(O)CC[C@@H]2[C@@H]3C[C@H](C)C4=CC(=O)CC[C@]4(C)[C@@H]3CC[C@]21C. The van der Waals surface area contributed by atoms with Gasteiger partial charge in [-0.25, -0.2) is 0 Å². The minimum absolute atomic E-state index is 0.0464. The van der Waals surface area contributed by atoms with Crippen LogP contribution in [0.5, 0.6) is 0 Å². The third-order valence-corrected chi connectivity index (χ3v) is 9.01. The molecule has 0 saturated heterocycles. The van der Waals surface area contributed by atoms with Crippen LogP contribution in [0.1, 0.15) is 72.6 Å². The van der Waals surface area contributed by atoms with Crippen LogP contribution in [0.15, 0.2) is 11.6 Å². The zero-order valence-electron chi connectivity index (χ0n) is 16.1. The van der Waals surface area contributed by atoms with Gasteiger partial charge in [-0.3, -0.25) is 9.59 Å². The lowest BCUT2D eigenvalue weighted by Gasteiger charge is -2.60. The number of hydrogen-bond acceptors (Lipinski definition) is 3. The molecule has 0 aromatic rings. The normalized spacial score (nSPS) is 52.0. The number of carbonyl (C=O) groups excluding carboxylic acids is 2. The fourth-order valence-electron chi connectivity index (χ4n) is 7.58. The number of rotatable bonds is 1. The Kier molecular flexibility index (Phi) is 3.69. The second kappa shape index (κ2) is 5.28. The Bertz CT molecular complexity index is 664. The van der Waals surface area contributed by atoms with Crippen LogP contribution in [-0.4, -0.2) is 22.3 Å². The van der Waals surface area contributed by atoms with Crippen molar-refractivity contribution < 1.29 is 14.7 Å². The third-order valence-electron chi connectivity index (χ3n) is 9.01. The maximum Gasteiger partial charge on any atom is 0.161 e. The molecule has 0 radical (unpaired) electrons. The van der Waals surface area contributed by atoms with Crippen LogP contribution < -0.4 is 0 Å². The van der Waals surface area contributed by atoms with Crippen LogP contribution >= 0.6 is 0 Å². The first-order chi connectivity index (χ1) is 11.6. The van der Waals surface area contributed by atoms with Crippen molar-refractivity contribution in [1.29, 1.82) is 0 Å². The highest BCUT2D eigenvalue weighted by molar-refractivity contribution is 5.91. The van der Waals surface area contributed by atoms with Gasteiger partial charge in [-0.2, -0.15) is 0 Å². The highest BCUT2D eigenvalue weighted by Crippen LogP contribution is 2.68. The van der Waals surface area contributed by atoms with Crippen molar-refractivity contribution in [3.05, 3.63) is 11.6 Å². The summed E-state index contributed by atoms with van der Waals surface area (Å²) in [7, 11) is 0. The van der Waals surface area contributed by atoms with Crippen molar-refractivity contribution in [2.45, 2.75) is 78.2 Å². The molecular weight excluding hydrogens is 312 g/mol. The summed E-state index contributed by atoms with van der Waals surface area (Å²) in [4.78, 5) is 24.3. The van der Waals surface area contributed by atoms with Gasteiger partial charge in [0.05, 0.1) is 0 Å². The van der Waals surface area contributed by atoms with Gasteiger partial charge >= 0.3 is 0 Å². The predicted molar refractivity (Wildman–Crippen MR) is 96.9 cm³/mol. The van der Waals surface area contributed by atoms with Gasteiger partial charge in [-0.1, -0.05) is 26.3 Å². The molecule has 0 aromatic heterocycles. The minimum Gasteiger partial charge on any atom is -0.382 e. The van der Waals surface area contributed by atoms with E-state index in [1.165, 1.54) is 5.57 Å². The molecule has 0 heterocycles. The molecule has 1 N–H and O–H groups in total. The van der Waals surface area contributed by atoms with Gasteiger partial charge in [0.15, 0.2) is 11.6 Å². The molecule has 3 fully saturated rings. The van der Waals surface area contributed by atoms with Gasteiger partial charge in [0.25, 0.3) is 0 Å². The van der Waals surface area contributed by atoms with E-state index in [0.717, 1.165) is 32.1 Å². The van der Waals surface area contributed by atoms with E-state index in [1.807, 2.05) is 6.08 Å². The Hall–Kier alpha value is -0.960. The van der Waals surface area contributed by atoms with E-state index < -0.39 is 5.60 Å². The molecular formula is C22H32O3. The van der Waals surface area contributed by atoms with Crippen molar-refractivity contribution in [3.63, 3.8) is 0 Å². The molecule has 138 valence electrons. The van der Waals surface area contributed by atoms with Crippen LogP contribution in [0.3, 0.4) is 0 Å². The second-order valence-corrected chi connectivity index (χ2v) is 9.91. The smallest absolute Gasteiger partial charge is 0.161 e. The first-order valence-corrected chi connectivity index (χ1v) is 10.1. The minimum atomic E-state index is -1.13. The Morgan fingerprint density at radius 3 is 2.52 bits per heavy atom. The van der Waals surface area contributed by atoms with Crippen molar-refractivity contribution in [1.82, 2.24) is 0 Å². The molecule has 4 rings (SSSR count). The van der Waals surface area contributed by atoms with Crippen LogP contribution in [0.2, 0.25) is 0 Å². The predicted octanol–water partition coefficient (Wildman–Crippen LogP) is 4.08. The van der Waals surface area contributed by atoms with Crippen molar-refractivity contribution in [2.75, 3.05) is 0 Å². The molecule has 3 heteroatoms. The van der Waals surface area contributed by atoms with Crippen molar-refractivity contribution >= 4 is 11.6 Å². The summed E-state index contributed by atoms with van der Waals surface area (Å²) in [5.41, 5.74) is 0.107. The lowest BCUT2D eigenvalue weighted by atomic mass is 9.45. The zero-order chi connectivity index (χ0) is 18.2. The van der Waals surface area contributed by atoms with Crippen LogP contribution in [-0.2, 0) is 9.59 Å². The monoisotopic (exact) mass is 344 g/mol. The molecule has 4 aliphatic rings. The zero-order valence-corrected chi connectivity index (χ0v) is 16.1. The highest BCUT2D eigenvalue weighted by Gasteiger charge is 2.66. The summed E-state index contributed by atoms with van der Waals surface area (Å²) in [5, 5.41) is 11.2. The largest absolute Gasteiger partial charge is 0.382 e. The van der Waals surface area contributed by atoms with Crippen LogP contribution in [0, 0.1) is 34.5 Å². The van der Waals surface area contributed by atoms with E-state index in [9.17, 15) is 14.7 Å². The fourth-order valence-corrected chi connectivity index (χ4v) is 7.58. The number of carbonyl (C=O) groups is 2. The summed E-state index contributed by atoms with van der Waals surface area (Å²) in [6, 6.07) is 0. The van der Waals surface area contributed by atoms with E-state index in [-0.39, 0.29) is 16.6 Å². The number of aliphatic hydroxyl groups is 1. The number of fused-ring (bicyclic) bond motifs is 5. The quantitative estimate of drug-likeness (QED) is 0.779. The van der Waals surface area contributed by atoms with Crippen LogP contribution in [0.4, 0.5) is 0 Å². The number of ketones is 2. The highest BCUT2D eigenvalue weighted by atomic mass is 16.3. The molecule has 3 nitrogen and oxygen atoms in total. The molecule has 0 aliphatic heterocycles. The number of hydrogen-bond donors (Lipinski definition) is 1. The molecule has 3 saturated carbocycles.